The molecule has 0 saturated heterocycles. The fourth-order valence-corrected chi connectivity index (χ4v) is 2.64. The third-order valence-electron chi connectivity index (χ3n) is 2.81. The van der Waals surface area contributed by atoms with E-state index in [-0.39, 0.29) is 18.4 Å². The molecular weight excluding hydrogens is 276 g/mol. The van der Waals surface area contributed by atoms with Crippen LogP contribution in [0.5, 0.6) is 5.75 Å². The third-order valence-corrected chi connectivity index (χ3v) is 3.69. The van der Waals surface area contributed by atoms with E-state index in [4.69, 9.17) is 4.74 Å². The summed E-state index contributed by atoms with van der Waals surface area (Å²) < 4.78 is 5.26. The number of thiophene rings is 1. The summed E-state index contributed by atoms with van der Waals surface area (Å²) in [4.78, 5) is 24.1. The zero-order chi connectivity index (χ0) is 13.9. The second-order valence-electron chi connectivity index (χ2n) is 4.35. The van der Waals surface area contributed by atoms with Crippen molar-refractivity contribution in [1.82, 2.24) is 0 Å². The molecule has 20 heavy (non-hydrogen) atoms. The van der Waals surface area contributed by atoms with E-state index < -0.39 is 0 Å². The molecule has 0 radical (unpaired) electrons. The van der Waals surface area contributed by atoms with Gasteiger partial charge in [-0.05, 0) is 29.6 Å². The lowest BCUT2D eigenvalue weighted by molar-refractivity contribution is -0.118. The van der Waals surface area contributed by atoms with Crippen molar-refractivity contribution in [3.8, 4) is 5.75 Å². The fraction of sp³-hybridized carbons (Fsp3) is 0.143. The van der Waals surface area contributed by atoms with E-state index in [9.17, 15) is 9.59 Å². The molecule has 0 spiro atoms. The summed E-state index contributed by atoms with van der Waals surface area (Å²) in [5.74, 6) is 0.330. The zero-order valence-corrected chi connectivity index (χ0v) is 11.3. The van der Waals surface area contributed by atoms with Gasteiger partial charge in [0, 0.05) is 10.6 Å². The predicted octanol–water partition coefficient (Wildman–Crippen LogP) is 2.26. The van der Waals surface area contributed by atoms with Crippen LogP contribution in [0.2, 0.25) is 0 Å². The maximum absolute atomic E-state index is 11.9. The van der Waals surface area contributed by atoms with E-state index in [1.54, 1.807) is 29.5 Å². The highest BCUT2D eigenvalue weighted by molar-refractivity contribution is 7.10. The van der Waals surface area contributed by atoms with Crippen molar-refractivity contribution in [3.63, 3.8) is 0 Å². The van der Waals surface area contributed by atoms with Crippen molar-refractivity contribution in [1.29, 1.82) is 0 Å². The van der Waals surface area contributed by atoms with Gasteiger partial charge >= 0.3 is 0 Å². The SMILES string of the molecule is O=C(Cc1cccs1)Nc1ccc2c(c1)NC(=O)CO2. The molecule has 0 atom stereocenters. The number of hydrogen-bond acceptors (Lipinski definition) is 4. The molecule has 1 aromatic heterocycles. The summed E-state index contributed by atoms with van der Waals surface area (Å²) in [5, 5.41) is 7.45. The lowest BCUT2D eigenvalue weighted by Gasteiger charge is -2.18. The number of amides is 2. The van der Waals surface area contributed by atoms with E-state index in [1.165, 1.54) is 0 Å². The number of rotatable bonds is 3. The van der Waals surface area contributed by atoms with E-state index in [1.807, 2.05) is 17.5 Å². The molecule has 1 aliphatic heterocycles. The largest absolute Gasteiger partial charge is 0.482 e. The first-order chi connectivity index (χ1) is 9.70. The van der Waals surface area contributed by atoms with Gasteiger partial charge in [0.15, 0.2) is 6.61 Å². The Morgan fingerprint density at radius 3 is 3.10 bits per heavy atom. The van der Waals surface area contributed by atoms with Crippen LogP contribution in [0.4, 0.5) is 11.4 Å². The van der Waals surface area contributed by atoms with Crippen LogP contribution in [-0.2, 0) is 16.0 Å². The summed E-state index contributed by atoms with van der Waals surface area (Å²) in [5.41, 5.74) is 1.21. The standard InChI is InChI=1S/C14H12N2O3S/c17-13(7-10-2-1-5-20-10)15-9-3-4-12-11(6-9)16-14(18)8-19-12/h1-6H,7-8H2,(H,15,17)(H,16,18). The molecule has 2 heterocycles. The van der Waals surface area contributed by atoms with Gasteiger partial charge in [0.05, 0.1) is 12.1 Å². The van der Waals surface area contributed by atoms with E-state index in [0.717, 1.165) is 4.88 Å². The van der Waals surface area contributed by atoms with Gasteiger partial charge in [-0.15, -0.1) is 11.3 Å². The molecule has 2 amide bonds. The van der Waals surface area contributed by atoms with Gasteiger partial charge in [-0.1, -0.05) is 6.07 Å². The smallest absolute Gasteiger partial charge is 0.262 e. The quantitative estimate of drug-likeness (QED) is 0.910. The van der Waals surface area contributed by atoms with Crippen LogP contribution in [0.1, 0.15) is 4.88 Å². The molecule has 1 aromatic carbocycles. The highest BCUT2D eigenvalue weighted by Crippen LogP contribution is 2.30. The number of benzene rings is 1. The van der Waals surface area contributed by atoms with Crippen LogP contribution in [0, 0.1) is 0 Å². The van der Waals surface area contributed by atoms with Crippen LogP contribution in [-0.4, -0.2) is 18.4 Å². The number of carbonyl (C=O) groups excluding carboxylic acids is 2. The number of nitrogens with one attached hydrogen (secondary N) is 2. The number of anilines is 2. The molecule has 0 fully saturated rings. The van der Waals surface area contributed by atoms with Crippen molar-refractivity contribution in [2.45, 2.75) is 6.42 Å². The first-order valence-electron chi connectivity index (χ1n) is 6.09. The average Bonchev–Trinajstić information content (AvgIpc) is 2.91. The molecule has 0 aliphatic carbocycles. The summed E-state index contributed by atoms with van der Waals surface area (Å²) in [6.45, 7) is 0.0249. The second kappa shape index (κ2) is 5.34. The lowest BCUT2D eigenvalue weighted by Crippen LogP contribution is -2.25. The number of ether oxygens (including phenoxy) is 1. The second-order valence-corrected chi connectivity index (χ2v) is 5.38. The lowest BCUT2D eigenvalue weighted by atomic mass is 10.2. The van der Waals surface area contributed by atoms with Gasteiger partial charge in [0.25, 0.3) is 5.91 Å². The highest BCUT2D eigenvalue weighted by Gasteiger charge is 2.16. The van der Waals surface area contributed by atoms with Crippen molar-refractivity contribution in [2.24, 2.45) is 0 Å². The monoisotopic (exact) mass is 288 g/mol. The van der Waals surface area contributed by atoms with E-state index in [2.05, 4.69) is 10.6 Å². The van der Waals surface area contributed by atoms with Crippen LogP contribution in [0.25, 0.3) is 0 Å². The van der Waals surface area contributed by atoms with Crippen LogP contribution >= 0.6 is 11.3 Å². The Morgan fingerprint density at radius 1 is 1.40 bits per heavy atom. The Hall–Kier alpha value is -2.34. The number of fused-ring (bicyclic) bond motifs is 1. The predicted molar refractivity (Wildman–Crippen MR) is 77.2 cm³/mol. The minimum Gasteiger partial charge on any atom is -0.482 e. The minimum atomic E-state index is -0.195. The van der Waals surface area contributed by atoms with E-state index >= 15 is 0 Å². The fourth-order valence-electron chi connectivity index (χ4n) is 1.94. The highest BCUT2D eigenvalue weighted by atomic mass is 32.1. The zero-order valence-electron chi connectivity index (χ0n) is 10.5. The van der Waals surface area contributed by atoms with Gasteiger partial charge in [-0.3, -0.25) is 9.59 Å². The van der Waals surface area contributed by atoms with Crippen LogP contribution < -0.4 is 15.4 Å². The summed E-state index contributed by atoms with van der Waals surface area (Å²) in [6.07, 6.45) is 0.345. The topological polar surface area (TPSA) is 67.4 Å². The third kappa shape index (κ3) is 2.80. The molecule has 1 aliphatic rings. The Morgan fingerprint density at radius 2 is 2.30 bits per heavy atom. The number of carbonyl (C=O) groups is 2. The molecule has 0 saturated carbocycles. The minimum absolute atomic E-state index is 0.0249. The van der Waals surface area contributed by atoms with Gasteiger partial charge in [-0.25, -0.2) is 0 Å². The van der Waals surface area contributed by atoms with Gasteiger partial charge < -0.3 is 15.4 Å². The Kier molecular flexibility index (Phi) is 3.39. The normalized spacial score (nSPS) is 13.1. The summed E-state index contributed by atoms with van der Waals surface area (Å²) in [6, 6.07) is 9.01. The molecule has 2 N–H and O–H groups in total. The van der Waals surface area contributed by atoms with Crippen molar-refractivity contribution >= 4 is 34.5 Å². The molecule has 102 valence electrons. The molecule has 5 nitrogen and oxygen atoms in total. The molecule has 0 bridgehead atoms. The molecule has 3 rings (SSSR count). The number of hydrogen-bond donors (Lipinski definition) is 2. The molecule has 6 heteroatoms. The molecule has 0 unspecified atom stereocenters. The van der Waals surface area contributed by atoms with Crippen molar-refractivity contribution < 1.29 is 14.3 Å². The van der Waals surface area contributed by atoms with Gasteiger partial charge in [0.1, 0.15) is 5.75 Å². The maximum Gasteiger partial charge on any atom is 0.262 e. The first-order valence-corrected chi connectivity index (χ1v) is 6.97. The molecular formula is C14H12N2O3S. The van der Waals surface area contributed by atoms with Gasteiger partial charge in [-0.2, -0.15) is 0 Å². The van der Waals surface area contributed by atoms with Gasteiger partial charge in [0.2, 0.25) is 5.91 Å². The van der Waals surface area contributed by atoms with Crippen molar-refractivity contribution in [2.75, 3.05) is 17.2 Å². The van der Waals surface area contributed by atoms with E-state index in [0.29, 0.717) is 23.5 Å². The summed E-state index contributed by atoms with van der Waals surface area (Å²) in [7, 11) is 0. The van der Waals surface area contributed by atoms with Crippen LogP contribution in [0.15, 0.2) is 35.7 Å². The maximum atomic E-state index is 11.9. The van der Waals surface area contributed by atoms with Crippen molar-refractivity contribution in [3.05, 3.63) is 40.6 Å². The van der Waals surface area contributed by atoms with Crippen LogP contribution in [0.3, 0.4) is 0 Å². The Labute approximate surface area is 119 Å². The average molecular weight is 288 g/mol. The molecule has 2 aromatic rings. The Balaban J connectivity index is 1.70. The Bertz CT molecular complexity index is 652. The first kappa shape index (κ1) is 12.7. The summed E-state index contributed by atoms with van der Waals surface area (Å²) >= 11 is 1.55.